The first-order valence-electron chi connectivity index (χ1n) is 8.05. The Bertz CT molecular complexity index is 632. The van der Waals surface area contributed by atoms with E-state index in [1.54, 1.807) is 0 Å². The number of amides is 2. The summed E-state index contributed by atoms with van der Waals surface area (Å²) >= 11 is 3.43. The van der Waals surface area contributed by atoms with Gasteiger partial charge in [-0.25, -0.2) is 0 Å². The Balaban J connectivity index is 0.00000208. The quantitative estimate of drug-likeness (QED) is 0.706. The summed E-state index contributed by atoms with van der Waals surface area (Å²) in [7, 11) is 0. The Kier molecular flexibility index (Phi) is 6.28. The SMILES string of the molecule is Cc1cc(NC(=O)CNC(=O)C2CC23CCNCC3)ccc1Br.Cl. The number of hydrogen-bond acceptors (Lipinski definition) is 3. The summed E-state index contributed by atoms with van der Waals surface area (Å²) in [6.07, 6.45) is 3.10. The average molecular weight is 417 g/mol. The summed E-state index contributed by atoms with van der Waals surface area (Å²) in [5.74, 6) is -0.0820. The number of aryl methyl sites for hydroxylation is 1. The number of carbonyl (C=O) groups excluding carboxylic acids is 2. The fraction of sp³-hybridized carbons (Fsp3) is 0.529. The molecule has 1 heterocycles. The molecule has 1 saturated heterocycles. The van der Waals surface area contributed by atoms with E-state index in [0.29, 0.717) is 0 Å². The predicted octanol–water partition coefficient (Wildman–Crippen LogP) is 2.62. The van der Waals surface area contributed by atoms with Crippen LogP contribution in [-0.4, -0.2) is 31.4 Å². The van der Waals surface area contributed by atoms with Gasteiger partial charge in [0.25, 0.3) is 0 Å². The van der Waals surface area contributed by atoms with Gasteiger partial charge in [-0.3, -0.25) is 9.59 Å². The topological polar surface area (TPSA) is 70.2 Å². The van der Waals surface area contributed by atoms with E-state index in [1.165, 1.54) is 0 Å². The summed E-state index contributed by atoms with van der Waals surface area (Å²) in [4.78, 5) is 24.2. The van der Waals surface area contributed by atoms with Gasteiger partial charge in [0.1, 0.15) is 0 Å². The lowest BCUT2D eigenvalue weighted by molar-refractivity contribution is -0.125. The number of halogens is 2. The molecule has 7 heteroatoms. The highest BCUT2D eigenvalue weighted by atomic mass is 79.9. The van der Waals surface area contributed by atoms with Crippen molar-refractivity contribution in [2.24, 2.45) is 11.3 Å². The number of piperidine rings is 1. The zero-order valence-corrected chi connectivity index (χ0v) is 16.1. The first-order valence-corrected chi connectivity index (χ1v) is 8.84. The maximum absolute atomic E-state index is 12.2. The van der Waals surface area contributed by atoms with Gasteiger partial charge in [-0.15, -0.1) is 12.4 Å². The second-order valence-electron chi connectivity index (χ2n) is 6.60. The number of hydrogen-bond donors (Lipinski definition) is 3. The lowest BCUT2D eigenvalue weighted by Crippen LogP contribution is -2.37. The minimum atomic E-state index is -0.194. The van der Waals surface area contributed by atoms with Crippen molar-refractivity contribution in [1.82, 2.24) is 10.6 Å². The van der Waals surface area contributed by atoms with Crippen molar-refractivity contribution in [2.45, 2.75) is 26.2 Å². The Labute approximate surface area is 156 Å². The molecule has 0 bridgehead atoms. The molecule has 1 saturated carbocycles. The van der Waals surface area contributed by atoms with Gasteiger partial charge in [-0.05, 0) is 68.5 Å². The fourth-order valence-corrected chi connectivity index (χ4v) is 3.66. The van der Waals surface area contributed by atoms with Crippen LogP contribution < -0.4 is 16.0 Å². The molecule has 2 amide bonds. The highest BCUT2D eigenvalue weighted by Crippen LogP contribution is 2.58. The van der Waals surface area contributed by atoms with Gasteiger partial charge >= 0.3 is 0 Å². The minimum Gasteiger partial charge on any atom is -0.347 e. The lowest BCUT2D eigenvalue weighted by Gasteiger charge is -2.23. The van der Waals surface area contributed by atoms with E-state index in [-0.39, 0.29) is 42.1 Å². The van der Waals surface area contributed by atoms with Crippen LogP contribution >= 0.6 is 28.3 Å². The van der Waals surface area contributed by atoms with Gasteiger partial charge in [-0.2, -0.15) is 0 Å². The summed E-state index contributed by atoms with van der Waals surface area (Å²) in [5.41, 5.74) is 2.00. The monoisotopic (exact) mass is 415 g/mol. The van der Waals surface area contributed by atoms with Crippen LogP contribution in [-0.2, 0) is 9.59 Å². The van der Waals surface area contributed by atoms with Crippen LogP contribution in [0, 0.1) is 18.3 Å². The Morgan fingerprint density at radius 3 is 2.71 bits per heavy atom. The van der Waals surface area contributed by atoms with Crippen LogP contribution in [0.25, 0.3) is 0 Å². The number of anilines is 1. The van der Waals surface area contributed by atoms with Gasteiger partial charge in [0.2, 0.25) is 11.8 Å². The van der Waals surface area contributed by atoms with Crippen molar-refractivity contribution in [3.05, 3.63) is 28.2 Å². The zero-order valence-electron chi connectivity index (χ0n) is 13.7. The third-order valence-electron chi connectivity index (χ3n) is 4.97. The Hall–Kier alpha value is -1.11. The number of benzene rings is 1. The zero-order chi connectivity index (χ0) is 16.4. The predicted molar refractivity (Wildman–Crippen MR) is 100 cm³/mol. The standard InChI is InChI=1S/C17H22BrN3O2.ClH/c1-11-8-12(2-3-14(11)18)21-15(22)10-20-16(23)13-9-17(13)4-6-19-7-5-17;/h2-3,8,13,19H,4-7,9-10H2,1H3,(H,20,23)(H,21,22);1H. The van der Waals surface area contributed by atoms with Crippen LogP contribution in [0.1, 0.15) is 24.8 Å². The molecule has 2 aliphatic rings. The van der Waals surface area contributed by atoms with Crippen LogP contribution in [0.2, 0.25) is 0 Å². The van der Waals surface area contributed by atoms with E-state index in [1.807, 2.05) is 25.1 Å². The van der Waals surface area contributed by atoms with Gasteiger partial charge in [0.15, 0.2) is 0 Å². The van der Waals surface area contributed by atoms with E-state index in [4.69, 9.17) is 0 Å². The molecule has 1 spiro atoms. The molecule has 0 aromatic heterocycles. The number of carbonyl (C=O) groups is 2. The van der Waals surface area contributed by atoms with E-state index in [0.717, 1.165) is 48.1 Å². The molecule has 1 aromatic carbocycles. The highest BCUT2D eigenvalue weighted by molar-refractivity contribution is 9.10. The van der Waals surface area contributed by atoms with Crippen molar-refractivity contribution in [1.29, 1.82) is 0 Å². The molecule has 0 radical (unpaired) electrons. The van der Waals surface area contributed by atoms with Crippen molar-refractivity contribution in [3.63, 3.8) is 0 Å². The first kappa shape index (κ1) is 19.2. The van der Waals surface area contributed by atoms with Crippen LogP contribution in [0.15, 0.2) is 22.7 Å². The first-order chi connectivity index (χ1) is 11.0. The van der Waals surface area contributed by atoms with Gasteiger partial charge in [0, 0.05) is 16.1 Å². The van der Waals surface area contributed by atoms with Crippen molar-refractivity contribution < 1.29 is 9.59 Å². The second kappa shape index (κ2) is 7.85. The van der Waals surface area contributed by atoms with E-state index < -0.39 is 0 Å². The smallest absolute Gasteiger partial charge is 0.243 e. The molecule has 132 valence electrons. The molecular weight excluding hydrogens is 394 g/mol. The average Bonchev–Trinajstić information content (AvgIpc) is 3.22. The van der Waals surface area contributed by atoms with Gasteiger partial charge in [-0.1, -0.05) is 15.9 Å². The molecule has 1 aliphatic heterocycles. The third-order valence-corrected chi connectivity index (χ3v) is 5.86. The summed E-state index contributed by atoms with van der Waals surface area (Å²) in [6.45, 7) is 3.98. The Morgan fingerprint density at radius 2 is 2.04 bits per heavy atom. The van der Waals surface area contributed by atoms with Gasteiger partial charge in [0.05, 0.1) is 6.54 Å². The molecule has 1 atom stereocenters. The second-order valence-corrected chi connectivity index (χ2v) is 7.45. The molecule has 1 aliphatic carbocycles. The molecule has 24 heavy (non-hydrogen) atoms. The van der Waals surface area contributed by atoms with Crippen LogP contribution in [0.3, 0.4) is 0 Å². The lowest BCUT2D eigenvalue weighted by atomic mass is 9.92. The molecule has 1 aromatic rings. The van der Waals surface area contributed by atoms with Crippen molar-refractivity contribution in [2.75, 3.05) is 25.0 Å². The number of rotatable bonds is 4. The molecule has 1 unspecified atom stereocenters. The summed E-state index contributed by atoms with van der Waals surface area (Å²) < 4.78 is 1.00. The molecule has 2 fully saturated rings. The maximum atomic E-state index is 12.2. The molecular formula is C17H23BrClN3O2. The van der Waals surface area contributed by atoms with Gasteiger partial charge < -0.3 is 16.0 Å². The summed E-state index contributed by atoms with van der Waals surface area (Å²) in [6, 6.07) is 5.63. The normalized spacial score (nSPS) is 20.8. The van der Waals surface area contributed by atoms with Crippen molar-refractivity contribution >= 4 is 45.8 Å². The maximum Gasteiger partial charge on any atom is 0.243 e. The van der Waals surface area contributed by atoms with E-state index in [2.05, 4.69) is 31.9 Å². The van der Waals surface area contributed by atoms with Crippen LogP contribution in [0.4, 0.5) is 5.69 Å². The fourth-order valence-electron chi connectivity index (χ4n) is 3.41. The van der Waals surface area contributed by atoms with Crippen molar-refractivity contribution in [3.8, 4) is 0 Å². The van der Waals surface area contributed by atoms with E-state index in [9.17, 15) is 9.59 Å². The summed E-state index contributed by atoms with van der Waals surface area (Å²) in [5, 5.41) is 8.92. The molecule has 3 N–H and O–H groups in total. The van der Waals surface area contributed by atoms with Crippen LogP contribution in [0.5, 0.6) is 0 Å². The minimum absolute atomic E-state index is 0. The molecule has 5 nitrogen and oxygen atoms in total. The van der Waals surface area contributed by atoms with E-state index >= 15 is 0 Å². The molecule has 3 rings (SSSR count). The highest BCUT2D eigenvalue weighted by Gasteiger charge is 2.57. The number of nitrogens with one attached hydrogen (secondary N) is 3. The Morgan fingerprint density at radius 1 is 1.33 bits per heavy atom. The third kappa shape index (κ3) is 4.29. The largest absolute Gasteiger partial charge is 0.347 e.